The van der Waals surface area contributed by atoms with E-state index in [0.29, 0.717) is 43.6 Å². The number of fused-ring (bicyclic) bond motifs is 1. The van der Waals surface area contributed by atoms with Crippen LogP contribution in [0.2, 0.25) is 0 Å². The normalized spacial score (nSPS) is 17.3. The Kier molecular flexibility index (Phi) is 4.50. The maximum atomic E-state index is 12.4. The van der Waals surface area contributed by atoms with Gasteiger partial charge in [-0.3, -0.25) is 9.89 Å². The highest BCUT2D eigenvalue weighted by Gasteiger charge is 2.31. The molecule has 0 amide bonds. The highest BCUT2D eigenvalue weighted by Crippen LogP contribution is 2.49. The van der Waals surface area contributed by atoms with Gasteiger partial charge in [-0.25, -0.2) is 5.10 Å². The third kappa shape index (κ3) is 3.37. The van der Waals surface area contributed by atoms with Crippen LogP contribution in [-0.2, 0) is 4.74 Å². The summed E-state index contributed by atoms with van der Waals surface area (Å²) < 4.78 is 11.5. The molecule has 0 bridgehead atoms. The molecular formula is C21H25N5O3. The lowest BCUT2D eigenvalue weighted by molar-refractivity contribution is 0.122. The number of H-pyrrole nitrogens is 2. The maximum absolute atomic E-state index is 12.4. The fraction of sp³-hybridized carbons (Fsp3) is 0.476. The number of ether oxygens (including phenoxy) is 2. The maximum Gasteiger partial charge on any atom is 0.287 e. The summed E-state index contributed by atoms with van der Waals surface area (Å²) in [6.45, 7) is 6.68. The van der Waals surface area contributed by atoms with Gasteiger partial charge in [0.1, 0.15) is 22.8 Å². The molecule has 8 heteroatoms. The summed E-state index contributed by atoms with van der Waals surface area (Å²) in [4.78, 5) is 14.5. The van der Waals surface area contributed by atoms with Crippen LogP contribution in [0, 0.1) is 0 Å². The van der Waals surface area contributed by atoms with Gasteiger partial charge in [0.05, 0.1) is 24.8 Å². The molecule has 1 aliphatic carbocycles. The summed E-state index contributed by atoms with van der Waals surface area (Å²) in [7, 11) is 0. The molecule has 0 radical (unpaired) electrons. The third-order valence-electron chi connectivity index (χ3n) is 5.46. The molecule has 29 heavy (non-hydrogen) atoms. The van der Waals surface area contributed by atoms with Gasteiger partial charge in [-0.1, -0.05) is 0 Å². The van der Waals surface area contributed by atoms with E-state index in [0.717, 1.165) is 35.2 Å². The van der Waals surface area contributed by atoms with Gasteiger partial charge < -0.3 is 14.4 Å². The summed E-state index contributed by atoms with van der Waals surface area (Å²) in [6, 6.07) is 5.87. The average Bonchev–Trinajstić information content (AvgIpc) is 3.47. The molecule has 2 aliphatic rings. The summed E-state index contributed by atoms with van der Waals surface area (Å²) >= 11 is 0. The van der Waals surface area contributed by atoms with Crippen LogP contribution in [0.15, 0.2) is 23.0 Å². The molecular weight excluding hydrogens is 370 g/mol. The lowest BCUT2D eigenvalue weighted by Gasteiger charge is -2.27. The Bertz CT molecular complexity index is 1090. The summed E-state index contributed by atoms with van der Waals surface area (Å²) in [5, 5.41) is 15.7. The van der Waals surface area contributed by atoms with Crippen LogP contribution in [0.4, 0.5) is 5.69 Å². The molecule has 0 atom stereocenters. The lowest BCUT2D eigenvalue weighted by atomic mass is 10.0. The third-order valence-corrected chi connectivity index (χ3v) is 5.46. The smallest absolute Gasteiger partial charge is 0.287 e. The van der Waals surface area contributed by atoms with E-state index >= 15 is 0 Å². The number of rotatable bonds is 5. The summed E-state index contributed by atoms with van der Waals surface area (Å²) in [5.41, 5.74) is 3.97. The van der Waals surface area contributed by atoms with Gasteiger partial charge in [-0.15, -0.1) is 0 Å². The SMILES string of the molecule is CC(C)Oc1ccc2[nH]nc(-c3cc(N4CCOCC4)c(=O)[nH]n3)c2c1C1CC1. The Balaban J connectivity index is 1.65. The van der Waals surface area contributed by atoms with Gasteiger partial charge >= 0.3 is 0 Å². The molecule has 0 unspecified atom stereocenters. The molecule has 1 aliphatic heterocycles. The lowest BCUT2D eigenvalue weighted by Crippen LogP contribution is -2.39. The van der Waals surface area contributed by atoms with Gasteiger partial charge in [0.25, 0.3) is 5.56 Å². The molecule has 1 saturated carbocycles. The second-order valence-electron chi connectivity index (χ2n) is 7.98. The quantitative estimate of drug-likeness (QED) is 0.690. The van der Waals surface area contributed by atoms with E-state index in [2.05, 4.69) is 20.4 Å². The predicted octanol–water partition coefficient (Wildman–Crippen LogP) is 2.81. The van der Waals surface area contributed by atoms with E-state index in [1.807, 2.05) is 36.9 Å². The summed E-state index contributed by atoms with van der Waals surface area (Å²) in [6.07, 6.45) is 2.39. The van der Waals surface area contributed by atoms with E-state index in [4.69, 9.17) is 9.47 Å². The number of hydrogen-bond acceptors (Lipinski definition) is 6. The first-order valence-corrected chi connectivity index (χ1v) is 10.2. The van der Waals surface area contributed by atoms with Gasteiger partial charge in [-0.05, 0) is 50.8 Å². The second kappa shape index (κ2) is 7.18. The van der Waals surface area contributed by atoms with Crippen molar-refractivity contribution < 1.29 is 9.47 Å². The molecule has 152 valence electrons. The Morgan fingerprint density at radius 1 is 1.17 bits per heavy atom. The van der Waals surface area contributed by atoms with E-state index in [1.54, 1.807) is 0 Å². The molecule has 2 N–H and O–H groups in total. The molecule has 0 spiro atoms. The summed E-state index contributed by atoms with van der Waals surface area (Å²) in [5.74, 6) is 1.39. The van der Waals surface area contributed by atoms with E-state index < -0.39 is 0 Å². The Morgan fingerprint density at radius 3 is 2.69 bits per heavy atom. The molecule has 1 aromatic carbocycles. The van der Waals surface area contributed by atoms with E-state index in [9.17, 15) is 4.79 Å². The monoisotopic (exact) mass is 395 g/mol. The molecule has 8 nitrogen and oxygen atoms in total. The number of morpholine rings is 1. The Labute approximate surface area is 168 Å². The van der Waals surface area contributed by atoms with Crippen LogP contribution in [0.1, 0.15) is 38.2 Å². The first-order chi connectivity index (χ1) is 14.1. The minimum atomic E-state index is -0.193. The van der Waals surface area contributed by atoms with Crippen molar-refractivity contribution in [1.82, 2.24) is 20.4 Å². The molecule has 3 heterocycles. The second-order valence-corrected chi connectivity index (χ2v) is 7.98. The van der Waals surface area contributed by atoms with Crippen molar-refractivity contribution in [2.24, 2.45) is 0 Å². The zero-order valence-corrected chi connectivity index (χ0v) is 16.7. The largest absolute Gasteiger partial charge is 0.491 e. The molecule has 1 saturated heterocycles. The molecule has 2 aromatic heterocycles. The predicted molar refractivity (Wildman–Crippen MR) is 111 cm³/mol. The number of nitrogens with one attached hydrogen (secondary N) is 2. The minimum Gasteiger partial charge on any atom is -0.491 e. The van der Waals surface area contributed by atoms with Crippen LogP contribution in [0.5, 0.6) is 5.75 Å². The van der Waals surface area contributed by atoms with Crippen LogP contribution in [-0.4, -0.2) is 52.8 Å². The number of hydrogen-bond donors (Lipinski definition) is 2. The van der Waals surface area contributed by atoms with Gasteiger partial charge in [-0.2, -0.15) is 10.2 Å². The molecule has 5 rings (SSSR count). The zero-order valence-electron chi connectivity index (χ0n) is 16.7. The number of anilines is 1. The van der Waals surface area contributed by atoms with Gasteiger partial charge in [0.15, 0.2) is 0 Å². The van der Waals surface area contributed by atoms with Crippen molar-refractivity contribution in [2.75, 3.05) is 31.2 Å². The highest BCUT2D eigenvalue weighted by molar-refractivity contribution is 5.97. The number of benzene rings is 1. The number of nitrogens with zero attached hydrogens (tertiary/aromatic N) is 3. The van der Waals surface area contributed by atoms with Crippen LogP contribution in [0.25, 0.3) is 22.3 Å². The van der Waals surface area contributed by atoms with Crippen LogP contribution >= 0.6 is 0 Å². The number of aromatic nitrogens is 4. The standard InChI is InChI=1S/C21H25N5O3/c1-12(2)29-17-6-5-14-19(18(17)13-3-4-13)20(24-22-14)15-11-16(21(27)25-23-15)26-7-9-28-10-8-26/h5-6,11-13H,3-4,7-10H2,1-2H3,(H,22,24)(H,25,27). The molecule has 2 fully saturated rings. The van der Waals surface area contributed by atoms with E-state index in [1.165, 1.54) is 5.56 Å². The Morgan fingerprint density at radius 2 is 1.97 bits per heavy atom. The first kappa shape index (κ1) is 18.2. The van der Waals surface area contributed by atoms with Crippen molar-refractivity contribution in [3.63, 3.8) is 0 Å². The Hall–Kier alpha value is -2.87. The van der Waals surface area contributed by atoms with Crippen LogP contribution in [0.3, 0.4) is 0 Å². The van der Waals surface area contributed by atoms with Gasteiger partial charge in [0, 0.05) is 24.0 Å². The topological polar surface area (TPSA) is 96.1 Å². The fourth-order valence-electron chi connectivity index (χ4n) is 4.00. The number of aromatic amines is 2. The highest BCUT2D eigenvalue weighted by atomic mass is 16.5. The van der Waals surface area contributed by atoms with Crippen LogP contribution < -0.4 is 15.2 Å². The van der Waals surface area contributed by atoms with Crippen molar-refractivity contribution in [3.05, 3.63) is 34.1 Å². The van der Waals surface area contributed by atoms with Crippen molar-refractivity contribution in [3.8, 4) is 17.1 Å². The van der Waals surface area contributed by atoms with E-state index in [-0.39, 0.29) is 11.7 Å². The molecule has 3 aromatic rings. The average molecular weight is 395 g/mol. The van der Waals surface area contributed by atoms with Crippen molar-refractivity contribution >= 4 is 16.6 Å². The minimum absolute atomic E-state index is 0.0967. The van der Waals surface area contributed by atoms with Crippen molar-refractivity contribution in [1.29, 1.82) is 0 Å². The first-order valence-electron chi connectivity index (χ1n) is 10.2. The fourth-order valence-corrected chi connectivity index (χ4v) is 4.00. The van der Waals surface area contributed by atoms with Gasteiger partial charge in [0.2, 0.25) is 0 Å². The zero-order chi connectivity index (χ0) is 20.0. The van der Waals surface area contributed by atoms with Crippen molar-refractivity contribution in [2.45, 2.75) is 38.7 Å².